The first-order chi connectivity index (χ1) is 13.7. The van der Waals surface area contributed by atoms with Crippen molar-refractivity contribution in [2.45, 2.75) is 53.0 Å². The summed E-state index contributed by atoms with van der Waals surface area (Å²) < 4.78 is 12.8. The fourth-order valence-electron chi connectivity index (χ4n) is 3.19. The summed E-state index contributed by atoms with van der Waals surface area (Å²) in [6.45, 7) is 10.0. The molecule has 0 aliphatic carbocycles. The lowest BCUT2D eigenvalue weighted by molar-refractivity contribution is 0.145. The molecular formula is C21H36IN5O2. The molecule has 0 aliphatic rings. The van der Waals surface area contributed by atoms with Crippen LogP contribution in [0.4, 0.5) is 0 Å². The highest BCUT2D eigenvalue weighted by molar-refractivity contribution is 14.0. The summed E-state index contributed by atoms with van der Waals surface area (Å²) in [5.74, 6) is 1.79. The van der Waals surface area contributed by atoms with Crippen LogP contribution in [-0.4, -0.2) is 42.0 Å². The van der Waals surface area contributed by atoms with Gasteiger partial charge in [-0.1, -0.05) is 13.8 Å². The van der Waals surface area contributed by atoms with Crippen molar-refractivity contribution >= 4 is 29.9 Å². The van der Waals surface area contributed by atoms with Crippen molar-refractivity contribution in [2.24, 2.45) is 12.0 Å². The maximum absolute atomic E-state index is 5.41. The number of furan rings is 1. The summed E-state index contributed by atoms with van der Waals surface area (Å²) in [4.78, 5) is 4.83. The molecule has 0 aromatic carbocycles. The Morgan fingerprint density at radius 1 is 1.21 bits per heavy atom. The van der Waals surface area contributed by atoms with Crippen LogP contribution in [-0.2, 0) is 37.6 Å². The first-order valence-electron chi connectivity index (χ1n) is 10.3. The van der Waals surface area contributed by atoms with Crippen molar-refractivity contribution in [1.82, 2.24) is 20.4 Å². The number of guanidine groups is 1. The number of aryl methyl sites for hydroxylation is 2. The normalized spacial score (nSPS) is 11.4. The molecule has 2 aromatic heterocycles. The zero-order valence-electron chi connectivity index (χ0n) is 18.2. The van der Waals surface area contributed by atoms with Crippen LogP contribution in [0.15, 0.2) is 27.8 Å². The number of aliphatic imine (C=N–C) groups is 1. The summed E-state index contributed by atoms with van der Waals surface area (Å²) in [6, 6.07) is 3.90. The van der Waals surface area contributed by atoms with Crippen LogP contribution >= 0.6 is 24.0 Å². The van der Waals surface area contributed by atoms with E-state index in [9.17, 15) is 0 Å². The van der Waals surface area contributed by atoms with E-state index in [4.69, 9.17) is 14.1 Å². The highest BCUT2D eigenvalue weighted by Gasteiger charge is 2.13. The Morgan fingerprint density at radius 3 is 2.66 bits per heavy atom. The van der Waals surface area contributed by atoms with E-state index in [-0.39, 0.29) is 24.0 Å². The number of aromatic nitrogens is 2. The summed E-state index contributed by atoms with van der Waals surface area (Å²) in [6.07, 6.45) is 5.34. The number of rotatable bonds is 12. The van der Waals surface area contributed by atoms with Crippen LogP contribution in [0.1, 0.15) is 49.9 Å². The second-order valence-corrected chi connectivity index (χ2v) is 6.60. The van der Waals surface area contributed by atoms with Gasteiger partial charge >= 0.3 is 0 Å². The maximum Gasteiger partial charge on any atom is 0.191 e. The molecule has 0 spiro atoms. The molecule has 0 unspecified atom stereocenters. The van der Waals surface area contributed by atoms with Crippen molar-refractivity contribution in [2.75, 3.05) is 26.3 Å². The molecule has 2 heterocycles. The molecule has 0 radical (unpaired) electrons. The van der Waals surface area contributed by atoms with Crippen LogP contribution in [0.25, 0.3) is 0 Å². The zero-order chi connectivity index (χ0) is 20.2. The summed E-state index contributed by atoms with van der Waals surface area (Å²) in [5, 5.41) is 11.5. The molecule has 8 heteroatoms. The van der Waals surface area contributed by atoms with Gasteiger partial charge < -0.3 is 19.8 Å². The van der Waals surface area contributed by atoms with Gasteiger partial charge in [-0.15, -0.1) is 24.0 Å². The average Bonchev–Trinajstić information content (AvgIpc) is 3.32. The molecule has 0 amide bonds. The third kappa shape index (κ3) is 8.38. The number of halogens is 1. The lowest BCUT2D eigenvalue weighted by Gasteiger charge is -2.13. The number of hydrogen-bond donors (Lipinski definition) is 2. The number of hydrogen-bond acceptors (Lipinski definition) is 4. The SMILES string of the molecule is CCOCCCNC(=NCc1c(CC)nn(C)c1CC)NCCc1ccco1.I. The fourth-order valence-corrected chi connectivity index (χ4v) is 3.19. The highest BCUT2D eigenvalue weighted by Crippen LogP contribution is 2.16. The second kappa shape index (κ2) is 14.4. The van der Waals surface area contributed by atoms with Crippen molar-refractivity contribution in [3.63, 3.8) is 0 Å². The molecule has 2 N–H and O–H groups in total. The van der Waals surface area contributed by atoms with E-state index in [2.05, 4.69) is 29.6 Å². The molecule has 0 saturated heterocycles. The number of ether oxygens (including phenoxy) is 1. The smallest absolute Gasteiger partial charge is 0.191 e. The lowest BCUT2D eigenvalue weighted by atomic mass is 10.1. The van der Waals surface area contributed by atoms with Gasteiger partial charge in [-0.05, 0) is 38.3 Å². The standard InChI is InChI=1S/C21H35N5O2.HI/c1-5-19-18(20(6-2)26(4)25-19)16-24-21(22-12-9-14-27-7-3)23-13-11-17-10-8-15-28-17;/h8,10,15H,5-7,9,11-14,16H2,1-4H3,(H2,22,23,24);1H. The van der Waals surface area contributed by atoms with Gasteiger partial charge in [0, 0.05) is 51.0 Å². The number of nitrogens with zero attached hydrogens (tertiary/aromatic N) is 3. The maximum atomic E-state index is 5.41. The van der Waals surface area contributed by atoms with E-state index in [0.29, 0.717) is 6.54 Å². The molecule has 0 atom stereocenters. The molecule has 164 valence electrons. The Balaban J connectivity index is 0.00000420. The Hall–Kier alpha value is -1.55. The second-order valence-electron chi connectivity index (χ2n) is 6.60. The Kier molecular flexibility index (Phi) is 12.7. The van der Waals surface area contributed by atoms with Gasteiger partial charge in [-0.25, -0.2) is 4.99 Å². The van der Waals surface area contributed by atoms with Crippen LogP contribution in [0.3, 0.4) is 0 Å². The predicted octanol–water partition coefficient (Wildman–Crippen LogP) is 3.46. The summed E-state index contributed by atoms with van der Waals surface area (Å²) in [5.41, 5.74) is 3.63. The Morgan fingerprint density at radius 2 is 2.00 bits per heavy atom. The van der Waals surface area contributed by atoms with E-state index in [1.54, 1.807) is 6.26 Å². The monoisotopic (exact) mass is 517 g/mol. The van der Waals surface area contributed by atoms with Crippen LogP contribution in [0.2, 0.25) is 0 Å². The third-order valence-corrected chi connectivity index (χ3v) is 4.63. The van der Waals surface area contributed by atoms with E-state index in [0.717, 1.165) is 69.4 Å². The first kappa shape index (κ1) is 25.5. The zero-order valence-corrected chi connectivity index (χ0v) is 20.5. The molecular weight excluding hydrogens is 481 g/mol. The van der Waals surface area contributed by atoms with Gasteiger partial charge in [0.05, 0.1) is 18.5 Å². The van der Waals surface area contributed by atoms with E-state index < -0.39 is 0 Å². The van der Waals surface area contributed by atoms with E-state index in [1.807, 2.05) is 30.8 Å². The molecule has 0 aliphatic heterocycles. The quantitative estimate of drug-likeness (QED) is 0.195. The van der Waals surface area contributed by atoms with Crippen molar-refractivity contribution in [1.29, 1.82) is 0 Å². The average molecular weight is 517 g/mol. The van der Waals surface area contributed by atoms with E-state index in [1.165, 1.54) is 11.3 Å². The molecule has 0 fully saturated rings. The predicted molar refractivity (Wildman–Crippen MR) is 128 cm³/mol. The molecule has 2 rings (SSSR count). The minimum Gasteiger partial charge on any atom is -0.469 e. The topological polar surface area (TPSA) is 76.6 Å². The fraction of sp³-hybridized carbons (Fsp3) is 0.619. The number of nitrogens with one attached hydrogen (secondary N) is 2. The molecule has 2 aromatic rings. The van der Waals surface area contributed by atoms with Crippen molar-refractivity contribution < 1.29 is 9.15 Å². The minimum absolute atomic E-state index is 0. The van der Waals surface area contributed by atoms with Crippen LogP contribution in [0.5, 0.6) is 0 Å². The van der Waals surface area contributed by atoms with Gasteiger partial charge in [-0.3, -0.25) is 4.68 Å². The highest BCUT2D eigenvalue weighted by atomic mass is 127. The third-order valence-electron chi connectivity index (χ3n) is 4.63. The van der Waals surface area contributed by atoms with Crippen LogP contribution < -0.4 is 10.6 Å². The van der Waals surface area contributed by atoms with Gasteiger partial charge in [-0.2, -0.15) is 5.10 Å². The molecule has 7 nitrogen and oxygen atoms in total. The van der Waals surface area contributed by atoms with Gasteiger partial charge in [0.25, 0.3) is 0 Å². The molecule has 0 saturated carbocycles. The van der Waals surface area contributed by atoms with Crippen LogP contribution in [0, 0.1) is 0 Å². The van der Waals surface area contributed by atoms with Gasteiger partial charge in [0.2, 0.25) is 0 Å². The Bertz CT molecular complexity index is 713. The van der Waals surface area contributed by atoms with Gasteiger partial charge in [0.1, 0.15) is 5.76 Å². The largest absolute Gasteiger partial charge is 0.469 e. The van der Waals surface area contributed by atoms with Crippen molar-refractivity contribution in [3.8, 4) is 0 Å². The summed E-state index contributed by atoms with van der Waals surface area (Å²) in [7, 11) is 2.01. The Labute approximate surface area is 191 Å². The lowest BCUT2D eigenvalue weighted by Crippen LogP contribution is -2.39. The molecule has 0 bridgehead atoms. The molecule has 29 heavy (non-hydrogen) atoms. The van der Waals surface area contributed by atoms with E-state index >= 15 is 0 Å². The minimum atomic E-state index is 0. The summed E-state index contributed by atoms with van der Waals surface area (Å²) >= 11 is 0. The van der Waals surface area contributed by atoms with Gasteiger partial charge in [0.15, 0.2) is 5.96 Å². The van der Waals surface area contributed by atoms with Crippen molar-refractivity contribution in [3.05, 3.63) is 41.1 Å². The first-order valence-corrected chi connectivity index (χ1v) is 10.3.